The van der Waals surface area contributed by atoms with Crippen LogP contribution in [0.3, 0.4) is 0 Å². The first-order chi connectivity index (χ1) is 15.3. The predicted octanol–water partition coefficient (Wildman–Crippen LogP) is 3.27. The fourth-order valence-corrected chi connectivity index (χ4v) is 3.37. The van der Waals surface area contributed by atoms with E-state index in [9.17, 15) is 9.59 Å². The Balaban J connectivity index is 1.58. The summed E-state index contributed by atoms with van der Waals surface area (Å²) in [4.78, 5) is 24.4. The van der Waals surface area contributed by atoms with Gasteiger partial charge in [0.25, 0.3) is 0 Å². The standard InChI is InChI=1S/C24H34N4O4/c1-24(2,25)22(29)27-20(10-6-9-17-7-4-3-5-8-17)21-19(16-32-28-21)13-14-31-23(30)26-15-18-11-12-18/h3-5,7-8,16,18,20H,6,9-15,25H2,1-2H3,(H,26,30)(H,27,29). The van der Waals surface area contributed by atoms with Gasteiger partial charge in [0.05, 0.1) is 18.2 Å². The average molecular weight is 443 g/mol. The first kappa shape index (κ1) is 23.8. The van der Waals surface area contributed by atoms with Gasteiger partial charge in [-0.05, 0) is 57.4 Å². The van der Waals surface area contributed by atoms with Gasteiger partial charge in [-0.15, -0.1) is 0 Å². The van der Waals surface area contributed by atoms with Gasteiger partial charge in [0.2, 0.25) is 5.91 Å². The molecule has 3 rings (SSSR count). The molecule has 2 amide bonds. The number of nitrogens with zero attached hydrogens (tertiary/aromatic N) is 1. The van der Waals surface area contributed by atoms with Crippen LogP contribution in [-0.4, -0.2) is 35.8 Å². The minimum atomic E-state index is -1.01. The third kappa shape index (κ3) is 7.67. The van der Waals surface area contributed by atoms with Crippen LogP contribution in [0.15, 0.2) is 41.1 Å². The second kappa shape index (κ2) is 11.1. The highest BCUT2D eigenvalue weighted by molar-refractivity contribution is 5.85. The normalized spacial score (nSPS) is 14.6. The van der Waals surface area contributed by atoms with Gasteiger partial charge in [-0.1, -0.05) is 35.5 Å². The predicted molar refractivity (Wildman–Crippen MR) is 121 cm³/mol. The molecule has 0 saturated heterocycles. The minimum Gasteiger partial charge on any atom is -0.449 e. The molecular formula is C24H34N4O4. The Kier molecular flexibility index (Phi) is 8.27. The summed E-state index contributed by atoms with van der Waals surface area (Å²) in [7, 11) is 0. The van der Waals surface area contributed by atoms with Crippen LogP contribution in [0.1, 0.15) is 62.4 Å². The Morgan fingerprint density at radius 1 is 1.25 bits per heavy atom. The SMILES string of the molecule is CC(C)(N)C(=O)NC(CCCc1ccccc1)c1nocc1CCOC(=O)NCC1CC1. The van der Waals surface area contributed by atoms with Gasteiger partial charge in [0.1, 0.15) is 12.0 Å². The van der Waals surface area contributed by atoms with Crippen LogP contribution in [-0.2, 0) is 22.4 Å². The van der Waals surface area contributed by atoms with E-state index >= 15 is 0 Å². The van der Waals surface area contributed by atoms with E-state index in [1.165, 1.54) is 18.4 Å². The highest BCUT2D eigenvalue weighted by Crippen LogP contribution is 2.27. The molecule has 1 aromatic carbocycles. The summed E-state index contributed by atoms with van der Waals surface area (Å²) < 4.78 is 10.5. The molecule has 8 nitrogen and oxygen atoms in total. The van der Waals surface area contributed by atoms with E-state index < -0.39 is 11.6 Å². The number of aryl methyl sites for hydroxylation is 1. The van der Waals surface area contributed by atoms with Crippen LogP contribution >= 0.6 is 0 Å². The van der Waals surface area contributed by atoms with Gasteiger partial charge < -0.3 is 25.6 Å². The van der Waals surface area contributed by atoms with Crippen molar-refractivity contribution in [3.63, 3.8) is 0 Å². The molecule has 0 bridgehead atoms. The summed E-state index contributed by atoms with van der Waals surface area (Å²) >= 11 is 0. The molecule has 1 aromatic heterocycles. The molecule has 8 heteroatoms. The first-order valence-corrected chi connectivity index (χ1v) is 11.3. The monoisotopic (exact) mass is 442 g/mol. The summed E-state index contributed by atoms with van der Waals surface area (Å²) in [5.74, 6) is 0.339. The van der Waals surface area contributed by atoms with Gasteiger partial charge >= 0.3 is 6.09 Å². The van der Waals surface area contributed by atoms with Crippen molar-refractivity contribution in [3.05, 3.63) is 53.4 Å². The largest absolute Gasteiger partial charge is 0.449 e. The van der Waals surface area contributed by atoms with Crippen molar-refractivity contribution >= 4 is 12.0 Å². The molecular weight excluding hydrogens is 408 g/mol. The van der Waals surface area contributed by atoms with E-state index in [0.29, 0.717) is 31.0 Å². The van der Waals surface area contributed by atoms with Gasteiger partial charge in [-0.2, -0.15) is 0 Å². The van der Waals surface area contributed by atoms with Crippen molar-refractivity contribution in [2.24, 2.45) is 11.7 Å². The molecule has 32 heavy (non-hydrogen) atoms. The quantitative estimate of drug-likeness (QED) is 0.464. The third-order valence-electron chi connectivity index (χ3n) is 5.53. The van der Waals surface area contributed by atoms with E-state index in [2.05, 4.69) is 27.9 Å². The van der Waals surface area contributed by atoms with Crippen molar-refractivity contribution < 1.29 is 18.8 Å². The van der Waals surface area contributed by atoms with Crippen molar-refractivity contribution in [1.82, 2.24) is 15.8 Å². The zero-order valence-electron chi connectivity index (χ0n) is 18.9. The Labute approximate surface area is 189 Å². The van der Waals surface area contributed by atoms with E-state index in [1.807, 2.05) is 18.2 Å². The van der Waals surface area contributed by atoms with Crippen LogP contribution in [0.2, 0.25) is 0 Å². The molecule has 1 saturated carbocycles. The number of alkyl carbamates (subject to hydrolysis) is 1. The fraction of sp³-hybridized carbons (Fsp3) is 0.542. The summed E-state index contributed by atoms with van der Waals surface area (Å²) in [6, 6.07) is 9.86. The summed E-state index contributed by atoms with van der Waals surface area (Å²) in [5.41, 5.74) is 7.67. The molecule has 1 fully saturated rings. The topological polar surface area (TPSA) is 119 Å². The Morgan fingerprint density at radius 3 is 2.69 bits per heavy atom. The summed E-state index contributed by atoms with van der Waals surface area (Å²) in [5, 5.41) is 9.95. The van der Waals surface area contributed by atoms with Gasteiger partial charge in [-0.3, -0.25) is 4.79 Å². The minimum absolute atomic E-state index is 0.206. The fourth-order valence-electron chi connectivity index (χ4n) is 3.37. The number of nitrogens with two attached hydrogens (primary N) is 1. The number of benzene rings is 1. The maximum Gasteiger partial charge on any atom is 0.407 e. The van der Waals surface area contributed by atoms with E-state index in [0.717, 1.165) is 18.4 Å². The van der Waals surface area contributed by atoms with Crippen molar-refractivity contribution in [2.75, 3.05) is 13.2 Å². The number of hydrogen-bond acceptors (Lipinski definition) is 6. The Morgan fingerprint density at radius 2 is 2.00 bits per heavy atom. The zero-order chi connectivity index (χ0) is 23.0. The lowest BCUT2D eigenvalue weighted by atomic mass is 9.98. The zero-order valence-corrected chi connectivity index (χ0v) is 18.9. The number of ether oxygens (including phenoxy) is 1. The molecule has 1 atom stereocenters. The highest BCUT2D eigenvalue weighted by atomic mass is 16.5. The van der Waals surface area contributed by atoms with E-state index in [1.54, 1.807) is 20.1 Å². The molecule has 1 unspecified atom stereocenters. The van der Waals surface area contributed by atoms with Crippen LogP contribution in [0.4, 0.5) is 4.79 Å². The van der Waals surface area contributed by atoms with Gasteiger partial charge in [-0.25, -0.2) is 4.79 Å². The molecule has 4 N–H and O–H groups in total. The number of nitrogens with one attached hydrogen (secondary N) is 2. The number of carbonyl (C=O) groups is 2. The third-order valence-corrected chi connectivity index (χ3v) is 5.53. The van der Waals surface area contributed by atoms with E-state index in [-0.39, 0.29) is 18.6 Å². The summed E-state index contributed by atoms with van der Waals surface area (Å²) in [6.07, 6.45) is 6.34. The molecule has 1 aliphatic rings. The maximum atomic E-state index is 12.6. The first-order valence-electron chi connectivity index (χ1n) is 11.3. The van der Waals surface area contributed by atoms with Crippen molar-refractivity contribution in [1.29, 1.82) is 0 Å². The second-order valence-corrected chi connectivity index (χ2v) is 9.06. The number of rotatable bonds is 12. The van der Waals surface area contributed by atoms with Gasteiger partial charge in [0, 0.05) is 18.5 Å². The Hall–Kier alpha value is -2.87. The van der Waals surface area contributed by atoms with Crippen LogP contribution in [0.5, 0.6) is 0 Å². The molecule has 0 radical (unpaired) electrons. The average Bonchev–Trinajstić information content (AvgIpc) is 3.48. The van der Waals surface area contributed by atoms with Crippen molar-refractivity contribution in [3.8, 4) is 0 Å². The lowest BCUT2D eigenvalue weighted by molar-refractivity contribution is -0.126. The lowest BCUT2D eigenvalue weighted by Crippen LogP contribution is -2.50. The molecule has 0 spiro atoms. The molecule has 2 aromatic rings. The summed E-state index contributed by atoms with van der Waals surface area (Å²) in [6.45, 7) is 4.21. The molecule has 0 aliphatic heterocycles. The second-order valence-electron chi connectivity index (χ2n) is 9.06. The lowest BCUT2D eigenvalue weighted by Gasteiger charge is -2.24. The molecule has 1 heterocycles. The van der Waals surface area contributed by atoms with Crippen LogP contribution < -0.4 is 16.4 Å². The number of aromatic nitrogens is 1. The Bertz CT molecular complexity index is 872. The van der Waals surface area contributed by atoms with Crippen LogP contribution in [0, 0.1) is 5.92 Å². The van der Waals surface area contributed by atoms with Crippen molar-refractivity contribution in [2.45, 2.75) is 64.0 Å². The highest BCUT2D eigenvalue weighted by Gasteiger charge is 2.28. The molecule has 1 aliphatic carbocycles. The number of hydrogen-bond donors (Lipinski definition) is 3. The maximum absolute atomic E-state index is 12.6. The van der Waals surface area contributed by atoms with E-state index in [4.69, 9.17) is 15.0 Å². The van der Waals surface area contributed by atoms with Gasteiger partial charge in [0.15, 0.2) is 0 Å². The smallest absolute Gasteiger partial charge is 0.407 e. The number of amides is 2. The molecule has 174 valence electrons. The van der Waals surface area contributed by atoms with Crippen LogP contribution in [0.25, 0.3) is 0 Å². The number of carbonyl (C=O) groups excluding carboxylic acids is 2.